The molecule has 0 saturated heterocycles. The van der Waals surface area contributed by atoms with Gasteiger partial charge in [0.1, 0.15) is 0 Å². The Morgan fingerprint density at radius 1 is 1.31 bits per heavy atom. The Hall–Kier alpha value is -0.350. The van der Waals surface area contributed by atoms with Crippen molar-refractivity contribution in [2.75, 3.05) is 0 Å². The van der Waals surface area contributed by atoms with Gasteiger partial charge >= 0.3 is 5.51 Å². The van der Waals surface area contributed by atoms with E-state index in [4.69, 9.17) is 11.6 Å². The Balaban J connectivity index is 2.96. The highest BCUT2D eigenvalue weighted by molar-refractivity contribution is 8.00. The van der Waals surface area contributed by atoms with E-state index in [1.807, 2.05) is 0 Å². The molecule has 0 amide bonds. The van der Waals surface area contributed by atoms with Gasteiger partial charge in [0, 0.05) is 4.90 Å². The third kappa shape index (κ3) is 3.12. The van der Waals surface area contributed by atoms with Crippen LogP contribution in [0, 0.1) is 6.92 Å². The van der Waals surface area contributed by atoms with E-state index in [1.165, 1.54) is 6.07 Å². The van der Waals surface area contributed by atoms with Crippen LogP contribution in [-0.2, 0) is 0 Å². The Bertz CT molecular complexity index is 309. The molecule has 13 heavy (non-hydrogen) atoms. The molecule has 0 bridgehead atoms. The fourth-order valence-electron chi connectivity index (χ4n) is 0.824. The van der Waals surface area contributed by atoms with Gasteiger partial charge in [-0.1, -0.05) is 23.7 Å². The van der Waals surface area contributed by atoms with E-state index in [9.17, 15) is 13.2 Å². The summed E-state index contributed by atoms with van der Waals surface area (Å²) in [5.74, 6) is 0. The standard InChI is InChI=1S/C8H6ClF3S/c1-5-3-2-4-6(7(5)9)13-8(10,11)12/h2-4H,1H3. The van der Waals surface area contributed by atoms with Crippen LogP contribution in [0.4, 0.5) is 13.2 Å². The lowest BCUT2D eigenvalue weighted by atomic mass is 10.2. The van der Waals surface area contributed by atoms with Crippen LogP contribution in [0.25, 0.3) is 0 Å². The van der Waals surface area contributed by atoms with E-state index in [0.717, 1.165) is 0 Å². The number of rotatable bonds is 1. The zero-order valence-corrected chi connectivity index (χ0v) is 8.22. The number of alkyl halides is 3. The summed E-state index contributed by atoms with van der Waals surface area (Å²) < 4.78 is 35.9. The van der Waals surface area contributed by atoms with Crippen molar-refractivity contribution in [1.82, 2.24) is 0 Å². The summed E-state index contributed by atoms with van der Waals surface area (Å²) in [5.41, 5.74) is -3.63. The van der Waals surface area contributed by atoms with Gasteiger partial charge in [0.05, 0.1) is 5.02 Å². The Kier molecular flexibility index (Phi) is 3.14. The van der Waals surface area contributed by atoms with Crippen LogP contribution in [0.5, 0.6) is 0 Å². The number of thioether (sulfide) groups is 1. The third-order valence-corrected chi connectivity index (χ3v) is 2.79. The molecule has 0 nitrogen and oxygen atoms in total. The molecule has 0 aliphatic rings. The molecular formula is C8H6ClF3S. The minimum atomic E-state index is -4.28. The average Bonchev–Trinajstić information content (AvgIpc) is 1.96. The van der Waals surface area contributed by atoms with Crippen LogP contribution in [-0.4, -0.2) is 5.51 Å². The molecule has 72 valence electrons. The van der Waals surface area contributed by atoms with E-state index >= 15 is 0 Å². The molecule has 1 aromatic carbocycles. The smallest absolute Gasteiger partial charge is 0.160 e. The molecule has 0 saturated carbocycles. The van der Waals surface area contributed by atoms with Gasteiger partial charge in [-0.05, 0) is 30.3 Å². The lowest BCUT2D eigenvalue weighted by Gasteiger charge is -2.08. The molecule has 0 aliphatic heterocycles. The summed E-state index contributed by atoms with van der Waals surface area (Å²) in [6.07, 6.45) is 0. The van der Waals surface area contributed by atoms with Crippen molar-refractivity contribution in [2.24, 2.45) is 0 Å². The van der Waals surface area contributed by atoms with Gasteiger partial charge in [-0.15, -0.1) is 0 Å². The first kappa shape index (κ1) is 10.7. The molecular weight excluding hydrogens is 221 g/mol. The summed E-state index contributed by atoms with van der Waals surface area (Å²) in [4.78, 5) is 0.0502. The first-order valence-corrected chi connectivity index (χ1v) is 4.60. The minimum absolute atomic E-state index is 0.0502. The highest BCUT2D eigenvalue weighted by atomic mass is 35.5. The van der Waals surface area contributed by atoms with E-state index in [-0.39, 0.29) is 21.7 Å². The van der Waals surface area contributed by atoms with Gasteiger partial charge in [-0.2, -0.15) is 13.2 Å². The normalized spacial score (nSPS) is 11.8. The zero-order valence-electron chi connectivity index (χ0n) is 6.65. The number of halogens is 4. The molecule has 0 unspecified atom stereocenters. The molecule has 0 radical (unpaired) electrons. The molecule has 0 aromatic heterocycles. The van der Waals surface area contributed by atoms with Crippen LogP contribution in [0.3, 0.4) is 0 Å². The fourth-order valence-corrected chi connectivity index (χ4v) is 1.71. The largest absolute Gasteiger partial charge is 0.446 e. The summed E-state index contributed by atoms with van der Waals surface area (Å²) in [7, 11) is 0. The van der Waals surface area contributed by atoms with Crippen molar-refractivity contribution in [1.29, 1.82) is 0 Å². The molecule has 0 fully saturated rings. The molecule has 1 rings (SSSR count). The van der Waals surface area contributed by atoms with E-state index in [2.05, 4.69) is 0 Å². The van der Waals surface area contributed by atoms with Crippen molar-refractivity contribution in [3.05, 3.63) is 28.8 Å². The van der Waals surface area contributed by atoms with Crippen LogP contribution in [0.1, 0.15) is 5.56 Å². The summed E-state index contributed by atoms with van der Waals surface area (Å²) >= 11 is 5.49. The van der Waals surface area contributed by atoms with E-state index < -0.39 is 5.51 Å². The predicted molar refractivity (Wildman–Crippen MR) is 48.1 cm³/mol. The summed E-state index contributed by atoms with van der Waals surface area (Å²) in [5, 5.41) is 0.171. The van der Waals surface area contributed by atoms with Crippen LogP contribution in [0.15, 0.2) is 23.1 Å². The van der Waals surface area contributed by atoms with Crippen molar-refractivity contribution >= 4 is 23.4 Å². The molecule has 1 aromatic rings. The third-order valence-electron chi connectivity index (χ3n) is 1.38. The maximum absolute atomic E-state index is 12.0. The minimum Gasteiger partial charge on any atom is -0.160 e. The monoisotopic (exact) mass is 226 g/mol. The molecule has 5 heteroatoms. The average molecular weight is 227 g/mol. The quantitative estimate of drug-likeness (QED) is 0.645. The van der Waals surface area contributed by atoms with E-state index in [0.29, 0.717) is 5.56 Å². The second-order valence-corrected chi connectivity index (χ2v) is 3.92. The Labute approximate surface area is 83.1 Å². The molecule has 0 N–H and O–H groups in total. The zero-order chi connectivity index (χ0) is 10.1. The molecule has 0 spiro atoms. The summed E-state index contributed by atoms with van der Waals surface area (Å²) in [6, 6.07) is 4.57. The first-order valence-electron chi connectivity index (χ1n) is 3.41. The van der Waals surface area contributed by atoms with Gasteiger partial charge in [0.25, 0.3) is 0 Å². The van der Waals surface area contributed by atoms with Gasteiger partial charge in [0.2, 0.25) is 0 Å². The SMILES string of the molecule is Cc1cccc(SC(F)(F)F)c1Cl. The highest BCUT2D eigenvalue weighted by Gasteiger charge is 2.30. The van der Waals surface area contributed by atoms with Crippen molar-refractivity contribution in [3.63, 3.8) is 0 Å². The first-order chi connectivity index (χ1) is 5.90. The van der Waals surface area contributed by atoms with Crippen molar-refractivity contribution in [3.8, 4) is 0 Å². The fraction of sp³-hybridized carbons (Fsp3) is 0.250. The number of hydrogen-bond donors (Lipinski definition) is 0. The maximum atomic E-state index is 12.0. The second-order valence-electron chi connectivity index (χ2n) is 2.43. The number of hydrogen-bond acceptors (Lipinski definition) is 1. The van der Waals surface area contributed by atoms with Crippen LogP contribution < -0.4 is 0 Å². The Morgan fingerprint density at radius 3 is 2.46 bits per heavy atom. The number of aryl methyl sites for hydroxylation is 1. The van der Waals surface area contributed by atoms with Crippen LogP contribution >= 0.6 is 23.4 Å². The Morgan fingerprint density at radius 2 is 1.92 bits per heavy atom. The number of benzene rings is 1. The lowest BCUT2D eigenvalue weighted by Crippen LogP contribution is -1.99. The maximum Gasteiger partial charge on any atom is 0.446 e. The highest BCUT2D eigenvalue weighted by Crippen LogP contribution is 2.40. The topological polar surface area (TPSA) is 0 Å². The lowest BCUT2D eigenvalue weighted by molar-refractivity contribution is -0.0328. The van der Waals surface area contributed by atoms with Crippen molar-refractivity contribution < 1.29 is 13.2 Å². The van der Waals surface area contributed by atoms with Gasteiger partial charge in [-0.25, -0.2) is 0 Å². The molecule has 0 aliphatic carbocycles. The summed E-state index contributed by atoms with van der Waals surface area (Å²) in [6.45, 7) is 1.67. The van der Waals surface area contributed by atoms with Crippen molar-refractivity contribution in [2.45, 2.75) is 17.3 Å². The van der Waals surface area contributed by atoms with Gasteiger partial charge < -0.3 is 0 Å². The predicted octanol–water partition coefficient (Wildman–Crippen LogP) is 4.26. The van der Waals surface area contributed by atoms with E-state index in [1.54, 1.807) is 19.1 Å². The van der Waals surface area contributed by atoms with Crippen LogP contribution in [0.2, 0.25) is 5.02 Å². The molecule has 0 atom stereocenters. The second kappa shape index (κ2) is 3.80. The van der Waals surface area contributed by atoms with Gasteiger partial charge in [0.15, 0.2) is 0 Å². The molecule has 0 heterocycles. The van der Waals surface area contributed by atoms with Gasteiger partial charge in [-0.3, -0.25) is 0 Å².